The number of halogens is 3. The van der Waals surface area contributed by atoms with Crippen molar-refractivity contribution < 1.29 is 18.0 Å². The van der Waals surface area contributed by atoms with Gasteiger partial charge in [0.1, 0.15) is 0 Å². The summed E-state index contributed by atoms with van der Waals surface area (Å²) in [5.41, 5.74) is 1.04. The molecule has 0 aliphatic rings. The summed E-state index contributed by atoms with van der Waals surface area (Å²) in [7, 11) is 0. The van der Waals surface area contributed by atoms with Gasteiger partial charge >= 0.3 is 6.18 Å². The molecule has 2 aromatic carbocycles. The number of thioether (sulfide) groups is 1. The summed E-state index contributed by atoms with van der Waals surface area (Å²) in [6.07, 6.45) is -4.34. The van der Waals surface area contributed by atoms with Crippen LogP contribution in [-0.2, 0) is 17.5 Å². The lowest BCUT2D eigenvalue weighted by Crippen LogP contribution is -2.24. The Hall–Kier alpha value is -1.95. The van der Waals surface area contributed by atoms with Crippen LogP contribution in [0.5, 0.6) is 0 Å². The zero-order valence-electron chi connectivity index (χ0n) is 12.5. The number of hydrogen-bond acceptors (Lipinski definition) is 2. The van der Waals surface area contributed by atoms with Crippen molar-refractivity contribution in [3.05, 3.63) is 65.2 Å². The third-order valence-corrected chi connectivity index (χ3v) is 4.40. The van der Waals surface area contributed by atoms with Gasteiger partial charge in [-0.3, -0.25) is 4.79 Å². The third-order valence-electron chi connectivity index (χ3n) is 3.22. The second kappa shape index (κ2) is 7.55. The van der Waals surface area contributed by atoms with Gasteiger partial charge in [0.05, 0.1) is 11.3 Å². The minimum absolute atomic E-state index is 0.154. The molecule has 0 radical (unpaired) electrons. The molecule has 1 amide bonds. The molecule has 6 heteroatoms. The fourth-order valence-corrected chi connectivity index (χ4v) is 2.78. The smallest absolute Gasteiger partial charge is 0.351 e. The first-order valence-corrected chi connectivity index (χ1v) is 7.96. The summed E-state index contributed by atoms with van der Waals surface area (Å²) >= 11 is 1.44. The van der Waals surface area contributed by atoms with E-state index in [1.54, 1.807) is 0 Å². The molecule has 1 N–H and O–H groups in total. The fraction of sp³-hybridized carbons (Fsp3) is 0.235. The van der Waals surface area contributed by atoms with E-state index in [1.165, 1.54) is 23.9 Å². The van der Waals surface area contributed by atoms with Crippen LogP contribution >= 0.6 is 11.8 Å². The highest BCUT2D eigenvalue weighted by molar-refractivity contribution is 8.00. The highest BCUT2D eigenvalue weighted by Gasteiger charge is 2.29. The first kappa shape index (κ1) is 17.4. The van der Waals surface area contributed by atoms with E-state index in [0.717, 1.165) is 22.6 Å². The molecule has 23 heavy (non-hydrogen) atoms. The molecular weight excluding hydrogens is 323 g/mol. The number of nitrogens with one attached hydrogen (secondary N) is 1. The Balaban J connectivity index is 1.81. The molecule has 0 aliphatic carbocycles. The lowest BCUT2D eigenvalue weighted by Gasteiger charge is -2.09. The molecule has 0 aromatic heterocycles. The molecular formula is C17H16F3NOS. The van der Waals surface area contributed by atoms with Crippen molar-refractivity contribution in [2.75, 3.05) is 5.75 Å². The van der Waals surface area contributed by atoms with E-state index in [2.05, 4.69) is 5.32 Å². The van der Waals surface area contributed by atoms with E-state index in [0.29, 0.717) is 5.56 Å². The normalized spacial score (nSPS) is 11.3. The van der Waals surface area contributed by atoms with Crippen LogP contribution in [0.1, 0.15) is 16.7 Å². The quantitative estimate of drug-likeness (QED) is 0.817. The van der Waals surface area contributed by atoms with Gasteiger partial charge in [-0.05, 0) is 36.2 Å². The molecule has 0 saturated carbocycles. The number of carbonyl (C=O) groups excluding carboxylic acids is 1. The second-order valence-corrected chi connectivity index (χ2v) is 6.04. The maximum absolute atomic E-state index is 12.5. The summed E-state index contributed by atoms with van der Waals surface area (Å²) in [4.78, 5) is 12.9. The fourth-order valence-electron chi connectivity index (χ4n) is 1.92. The van der Waals surface area contributed by atoms with Crippen LogP contribution in [0, 0.1) is 6.92 Å². The van der Waals surface area contributed by atoms with Crippen LogP contribution in [0.15, 0.2) is 53.4 Å². The average Bonchev–Trinajstić information content (AvgIpc) is 2.51. The zero-order chi connectivity index (χ0) is 16.9. The molecule has 0 unspecified atom stereocenters. The van der Waals surface area contributed by atoms with E-state index in [1.807, 2.05) is 31.2 Å². The van der Waals surface area contributed by atoms with Crippen molar-refractivity contribution in [2.45, 2.75) is 24.5 Å². The summed E-state index contributed by atoms with van der Waals surface area (Å²) in [6.45, 7) is 2.19. The Labute approximate surface area is 137 Å². The van der Waals surface area contributed by atoms with E-state index in [9.17, 15) is 18.0 Å². The van der Waals surface area contributed by atoms with Crippen LogP contribution in [0.25, 0.3) is 0 Å². The Morgan fingerprint density at radius 1 is 1.09 bits per heavy atom. The lowest BCUT2D eigenvalue weighted by molar-refractivity contribution is -0.137. The van der Waals surface area contributed by atoms with Gasteiger partial charge in [0, 0.05) is 11.4 Å². The summed E-state index contributed by atoms with van der Waals surface area (Å²) < 4.78 is 37.4. The molecule has 2 aromatic rings. The maximum Gasteiger partial charge on any atom is 0.416 e. The van der Waals surface area contributed by atoms with Gasteiger partial charge in [-0.1, -0.05) is 30.3 Å². The van der Waals surface area contributed by atoms with Crippen LogP contribution < -0.4 is 5.32 Å². The molecule has 0 atom stereocenters. The van der Waals surface area contributed by atoms with Crippen LogP contribution in [-0.4, -0.2) is 11.7 Å². The Morgan fingerprint density at radius 2 is 1.74 bits per heavy atom. The molecule has 2 rings (SSSR count). The average molecular weight is 339 g/mol. The first-order valence-electron chi connectivity index (χ1n) is 6.97. The van der Waals surface area contributed by atoms with Crippen molar-refractivity contribution in [1.29, 1.82) is 0 Å². The van der Waals surface area contributed by atoms with Gasteiger partial charge in [-0.15, -0.1) is 11.8 Å². The minimum atomic E-state index is -4.34. The van der Waals surface area contributed by atoms with Crippen LogP contribution in [0.2, 0.25) is 0 Å². The number of benzene rings is 2. The molecule has 0 saturated heterocycles. The summed E-state index contributed by atoms with van der Waals surface area (Å²) in [5, 5.41) is 2.71. The van der Waals surface area contributed by atoms with Gasteiger partial charge in [0.2, 0.25) is 5.91 Å². The minimum Gasteiger partial charge on any atom is -0.351 e. The number of hydrogen-bond donors (Lipinski definition) is 1. The highest BCUT2D eigenvalue weighted by Crippen LogP contribution is 2.29. The molecule has 0 spiro atoms. The van der Waals surface area contributed by atoms with Gasteiger partial charge < -0.3 is 5.32 Å². The van der Waals surface area contributed by atoms with E-state index >= 15 is 0 Å². The molecule has 0 aliphatic heterocycles. The Kier molecular flexibility index (Phi) is 5.71. The van der Waals surface area contributed by atoms with Crippen molar-refractivity contribution in [3.8, 4) is 0 Å². The van der Waals surface area contributed by atoms with Crippen molar-refractivity contribution in [2.24, 2.45) is 0 Å². The lowest BCUT2D eigenvalue weighted by atomic mass is 10.1. The van der Waals surface area contributed by atoms with Gasteiger partial charge in [0.25, 0.3) is 0 Å². The Morgan fingerprint density at radius 3 is 2.35 bits per heavy atom. The topological polar surface area (TPSA) is 29.1 Å². The molecule has 0 bridgehead atoms. The molecule has 0 heterocycles. The maximum atomic E-state index is 12.5. The molecule has 0 fully saturated rings. The Bertz CT molecular complexity index is 668. The van der Waals surface area contributed by atoms with E-state index < -0.39 is 11.7 Å². The highest BCUT2D eigenvalue weighted by atomic mass is 32.2. The monoisotopic (exact) mass is 339 g/mol. The molecule has 122 valence electrons. The van der Waals surface area contributed by atoms with Crippen molar-refractivity contribution >= 4 is 17.7 Å². The molecule has 2 nitrogen and oxygen atoms in total. The number of aryl methyl sites for hydroxylation is 1. The largest absolute Gasteiger partial charge is 0.416 e. The van der Waals surface area contributed by atoms with E-state index in [-0.39, 0.29) is 18.2 Å². The number of rotatable bonds is 5. The zero-order valence-corrected chi connectivity index (χ0v) is 13.3. The van der Waals surface area contributed by atoms with Crippen LogP contribution in [0.3, 0.4) is 0 Å². The van der Waals surface area contributed by atoms with Crippen LogP contribution in [0.4, 0.5) is 13.2 Å². The standard InChI is InChI=1S/C17H16F3NOS/c1-12-4-2-3-5-15(12)23-11-16(22)21-10-13-6-8-14(9-7-13)17(18,19)20/h2-9H,10-11H2,1H3,(H,21,22). The second-order valence-electron chi connectivity index (χ2n) is 5.03. The van der Waals surface area contributed by atoms with Crippen molar-refractivity contribution in [1.82, 2.24) is 5.32 Å². The predicted octanol–water partition coefficient (Wildman–Crippen LogP) is 4.42. The van der Waals surface area contributed by atoms with E-state index in [4.69, 9.17) is 0 Å². The van der Waals surface area contributed by atoms with Gasteiger partial charge in [-0.25, -0.2) is 0 Å². The SMILES string of the molecule is Cc1ccccc1SCC(=O)NCc1ccc(C(F)(F)F)cc1. The summed E-state index contributed by atoms with van der Waals surface area (Å²) in [6, 6.07) is 12.5. The first-order chi connectivity index (χ1) is 10.9. The number of amides is 1. The predicted molar refractivity (Wildman–Crippen MR) is 85.2 cm³/mol. The summed E-state index contributed by atoms with van der Waals surface area (Å²) in [5.74, 6) is 0.115. The van der Waals surface area contributed by atoms with Gasteiger partial charge in [0.15, 0.2) is 0 Å². The number of alkyl halides is 3. The number of carbonyl (C=O) groups is 1. The van der Waals surface area contributed by atoms with Gasteiger partial charge in [-0.2, -0.15) is 13.2 Å². The van der Waals surface area contributed by atoms with Crippen molar-refractivity contribution in [3.63, 3.8) is 0 Å². The third kappa shape index (κ3) is 5.32.